The number of anilines is 1. The zero-order valence-electron chi connectivity index (χ0n) is 10.2. The number of aromatic nitrogens is 1. The Morgan fingerprint density at radius 2 is 1.74 bits per heavy atom. The summed E-state index contributed by atoms with van der Waals surface area (Å²) >= 11 is 0. The van der Waals surface area contributed by atoms with Crippen LogP contribution in [0.15, 0.2) is 66.9 Å². The van der Waals surface area contributed by atoms with Crippen LogP contribution in [0.1, 0.15) is 10.4 Å². The van der Waals surface area contributed by atoms with Gasteiger partial charge in [0, 0.05) is 11.8 Å². The lowest BCUT2D eigenvalue weighted by Crippen LogP contribution is -2.12. The third-order valence-corrected chi connectivity index (χ3v) is 2.94. The Labute approximate surface area is 111 Å². The molecule has 1 aromatic heterocycles. The predicted octanol–water partition coefficient (Wildman–Crippen LogP) is 3.44. The molecular weight excluding hydrogens is 236 g/mol. The summed E-state index contributed by atoms with van der Waals surface area (Å²) in [5, 5.41) is 2.80. The highest BCUT2D eigenvalue weighted by molar-refractivity contribution is 6.09. The monoisotopic (exact) mass is 248 g/mol. The molecule has 2 aliphatic carbocycles. The quantitative estimate of drug-likeness (QED) is 0.754. The first kappa shape index (κ1) is 11.4. The molecule has 0 fully saturated rings. The van der Waals surface area contributed by atoms with Crippen molar-refractivity contribution < 1.29 is 4.79 Å². The predicted molar refractivity (Wildman–Crippen MR) is 75.3 cm³/mol. The molecule has 3 nitrogen and oxygen atoms in total. The van der Waals surface area contributed by atoms with Crippen LogP contribution >= 0.6 is 0 Å². The zero-order valence-corrected chi connectivity index (χ0v) is 10.2. The Balaban J connectivity index is 1.92. The number of carbonyl (C=O) groups excluding carboxylic acids is 1. The molecule has 3 heteroatoms. The van der Waals surface area contributed by atoms with Crippen molar-refractivity contribution in [3.8, 4) is 11.1 Å². The van der Waals surface area contributed by atoms with E-state index in [9.17, 15) is 4.79 Å². The summed E-state index contributed by atoms with van der Waals surface area (Å²) in [7, 11) is 0. The lowest BCUT2D eigenvalue weighted by molar-refractivity contribution is 0.102. The maximum Gasteiger partial charge on any atom is 0.257 e. The van der Waals surface area contributed by atoms with E-state index in [0.29, 0.717) is 11.4 Å². The molecule has 0 aliphatic heterocycles. The van der Waals surface area contributed by atoms with Crippen molar-refractivity contribution in [3.63, 3.8) is 0 Å². The molecule has 0 saturated heterocycles. The van der Waals surface area contributed by atoms with Gasteiger partial charge >= 0.3 is 0 Å². The van der Waals surface area contributed by atoms with E-state index >= 15 is 0 Å². The first-order valence-corrected chi connectivity index (χ1v) is 6.05. The first-order chi connectivity index (χ1) is 9.34. The van der Waals surface area contributed by atoms with Gasteiger partial charge in [-0.05, 0) is 29.3 Å². The summed E-state index contributed by atoms with van der Waals surface area (Å²) in [6.45, 7) is 0. The van der Waals surface area contributed by atoms with E-state index in [1.807, 2.05) is 54.6 Å². The van der Waals surface area contributed by atoms with Crippen LogP contribution in [0.3, 0.4) is 0 Å². The second-order valence-corrected chi connectivity index (χ2v) is 4.20. The SMILES string of the molecule is O=C(Nc1ccccn1)c1ccc2cccccc1-2. The number of hydrogen-bond donors (Lipinski definition) is 1. The second-order valence-electron chi connectivity index (χ2n) is 4.20. The van der Waals surface area contributed by atoms with E-state index < -0.39 is 0 Å². The lowest BCUT2D eigenvalue weighted by atomic mass is 10.1. The van der Waals surface area contributed by atoms with Gasteiger partial charge in [0.2, 0.25) is 0 Å². The lowest BCUT2D eigenvalue weighted by Gasteiger charge is -2.04. The van der Waals surface area contributed by atoms with Crippen molar-refractivity contribution in [2.24, 2.45) is 0 Å². The molecule has 1 N–H and O–H groups in total. The fraction of sp³-hybridized carbons (Fsp3) is 0. The van der Waals surface area contributed by atoms with Gasteiger partial charge in [-0.15, -0.1) is 0 Å². The number of amides is 1. The third-order valence-electron chi connectivity index (χ3n) is 2.94. The molecule has 0 saturated carbocycles. The van der Waals surface area contributed by atoms with Crippen molar-refractivity contribution in [1.82, 2.24) is 4.98 Å². The summed E-state index contributed by atoms with van der Waals surface area (Å²) in [4.78, 5) is 16.3. The summed E-state index contributed by atoms with van der Waals surface area (Å²) in [5.41, 5.74) is 2.66. The number of carbonyl (C=O) groups is 1. The average molecular weight is 248 g/mol. The van der Waals surface area contributed by atoms with Crippen molar-refractivity contribution in [2.75, 3.05) is 5.32 Å². The Hall–Kier alpha value is -2.68. The highest BCUT2D eigenvalue weighted by Crippen LogP contribution is 2.27. The largest absolute Gasteiger partial charge is 0.307 e. The minimum atomic E-state index is -0.139. The van der Waals surface area contributed by atoms with Gasteiger partial charge in [0.1, 0.15) is 5.82 Å². The van der Waals surface area contributed by atoms with Gasteiger partial charge in [-0.2, -0.15) is 0 Å². The van der Waals surface area contributed by atoms with E-state index in [-0.39, 0.29) is 5.91 Å². The molecule has 0 bridgehead atoms. The number of rotatable bonds is 2. The molecule has 0 radical (unpaired) electrons. The standard InChI is InChI=1S/C16H12N2O/c19-16(18-15-8-4-5-11-17-15)14-10-9-12-6-2-1-3-7-13(12)14/h1-11H,(H,17,18,19). The van der Waals surface area contributed by atoms with Gasteiger partial charge in [0.25, 0.3) is 5.91 Å². The van der Waals surface area contributed by atoms with Gasteiger partial charge < -0.3 is 5.32 Å². The Morgan fingerprint density at radius 1 is 0.895 bits per heavy atom. The number of hydrogen-bond acceptors (Lipinski definition) is 2. The minimum Gasteiger partial charge on any atom is -0.307 e. The van der Waals surface area contributed by atoms with Crippen LogP contribution in [0.2, 0.25) is 0 Å². The van der Waals surface area contributed by atoms with E-state index in [4.69, 9.17) is 0 Å². The number of nitrogens with zero attached hydrogens (tertiary/aromatic N) is 1. The van der Waals surface area contributed by atoms with Crippen LogP contribution in [0, 0.1) is 0 Å². The highest BCUT2D eigenvalue weighted by atomic mass is 16.1. The Kier molecular flexibility index (Phi) is 2.94. The third kappa shape index (κ3) is 2.31. The first-order valence-electron chi connectivity index (χ1n) is 6.05. The van der Waals surface area contributed by atoms with Crippen LogP contribution in [0.5, 0.6) is 0 Å². The van der Waals surface area contributed by atoms with Gasteiger partial charge in [-0.3, -0.25) is 4.79 Å². The summed E-state index contributed by atoms with van der Waals surface area (Å²) < 4.78 is 0. The van der Waals surface area contributed by atoms with E-state index in [2.05, 4.69) is 10.3 Å². The summed E-state index contributed by atoms with van der Waals surface area (Å²) in [6.07, 6.45) is 1.65. The van der Waals surface area contributed by atoms with E-state index in [0.717, 1.165) is 11.1 Å². The average Bonchev–Trinajstić information content (AvgIpc) is 2.69. The smallest absolute Gasteiger partial charge is 0.257 e. The maximum absolute atomic E-state index is 12.2. The van der Waals surface area contributed by atoms with Crippen LogP contribution in [0.25, 0.3) is 11.1 Å². The van der Waals surface area contributed by atoms with Gasteiger partial charge in [0.15, 0.2) is 0 Å². The second kappa shape index (κ2) is 4.90. The number of fused-ring (bicyclic) bond motifs is 1. The fourth-order valence-corrected chi connectivity index (χ4v) is 2.03. The van der Waals surface area contributed by atoms with Gasteiger partial charge in [0.05, 0.1) is 0 Å². The Morgan fingerprint density at radius 3 is 2.58 bits per heavy atom. The van der Waals surface area contributed by atoms with Crippen molar-refractivity contribution in [3.05, 3.63) is 72.4 Å². The van der Waals surface area contributed by atoms with Crippen LogP contribution < -0.4 is 5.32 Å². The Bertz CT molecular complexity index is 679. The van der Waals surface area contributed by atoms with E-state index in [1.165, 1.54) is 0 Å². The molecule has 92 valence electrons. The maximum atomic E-state index is 12.2. The molecule has 3 rings (SSSR count). The molecule has 1 aromatic rings. The highest BCUT2D eigenvalue weighted by Gasteiger charge is 2.14. The number of nitrogens with one attached hydrogen (secondary N) is 1. The zero-order chi connectivity index (χ0) is 13.1. The summed E-state index contributed by atoms with van der Waals surface area (Å²) in [5.74, 6) is 0.419. The summed E-state index contributed by atoms with van der Waals surface area (Å²) in [6, 6.07) is 19.0. The van der Waals surface area contributed by atoms with Crippen LogP contribution in [-0.4, -0.2) is 10.9 Å². The van der Waals surface area contributed by atoms with Crippen LogP contribution in [0.4, 0.5) is 5.82 Å². The number of pyridine rings is 1. The molecular formula is C16H12N2O. The normalized spacial score (nSPS) is 10.3. The van der Waals surface area contributed by atoms with E-state index in [1.54, 1.807) is 12.3 Å². The molecule has 1 amide bonds. The topological polar surface area (TPSA) is 42.0 Å². The molecule has 2 aliphatic rings. The van der Waals surface area contributed by atoms with Crippen molar-refractivity contribution >= 4 is 11.7 Å². The molecule has 0 aromatic carbocycles. The minimum absolute atomic E-state index is 0.139. The molecule has 0 unspecified atom stereocenters. The molecule has 1 heterocycles. The molecule has 19 heavy (non-hydrogen) atoms. The van der Waals surface area contributed by atoms with Gasteiger partial charge in [-0.25, -0.2) is 4.98 Å². The van der Waals surface area contributed by atoms with Crippen LogP contribution in [-0.2, 0) is 0 Å². The molecule has 0 spiro atoms. The van der Waals surface area contributed by atoms with Crippen molar-refractivity contribution in [2.45, 2.75) is 0 Å². The van der Waals surface area contributed by atoms with Gasteiger partial charge in [-0.1, -0.05) is 42.5 Å². The van der Waals surface area contributed by atoms with Crippen molar-refractivity contribution in [1.29, 1.82) is 0 Å². The fourth-order valence-electron chi connectivity index (χ4n) is 2.03. The molecule has 0 atom stereocenters.